The zero-order valence-electron chi connectivity index (χ0n) is 14.6. The minimum atomic E-state index is 0.0719. The minimum absolute atomic E-state index is 0.0719. The Labute approximate surface area is 125 Å². The van der Waals surface area contributed by atoms with Crippen LogP contribution < -0.4 is 0 Å². The Morgan fingerprint density at radius 2 is 1.75 bits per heavy atom. The van der Waals surface area contributed by atoms with Gasteiger partial charge in [0.1, 0.15) is 0 Å². The molecule has 3 nitrogen and oxygen atoms in total. The molecule has 3 atom stereocenters. The Morgan fingerprint density at radius 1 is 1.15 bits per heavy atom. The highest BCUT2D eigenvalue weighted by atomic mass is 15.4. The van der Waals surface area contributed by atoms with E-state index in [-0.39, 0.29) is 5.41 Å². The average Bonchev–Trinajstić information content (AvgIpc) is 2.87. The number of nitrogens with zero attached hydrogens (tertiary/aromatic N) is 3. The van der Waals surface area contributed by atoms with E-state index in [1.807, 2.05) is 0 Å². The molecule has 0 bridgehead atoms. The summed E-state index contributed by atoms with van der Waals surface area (Å²) < 4.78 is 2.05. The van der Waals surface area contributed by atoms with Gasteiger partial charge in [-0.2, -0.15) is 0 Å². The smallest absolute Gasteiger partial charge is 0.0886 e. The molecule has 3 unspecified atom stereocenters. The van der Waals surface area contributed by atoms with Gasteiger partial charge in [0.15, 0.2) is 0 Å². The Hall–Kier alpha value is -0.860. The maximum Gasteiger partial charge on any atom is 0.0886 e. The number of hydrogen-bond donors (Lipinski definition) is 0. The molecule has 116 valence electrons. The van der Waals surface area contributed by atoms with Crippen LogP contribution in [0.15, 0.2) is 6.20 Å². The summed E-state index contributed by atoms with van der Waals surface area (Å²) in [6.07, 6.45) is 4.55. The molecule has 1 heterocycles. The predicted octanol–water partition coefficient (Wildman–Crippen LogP) is 4.85. The molecule has 3 heteroatoms. The minimum Gasteiger partial charge on any atom is -0.249 e. The molecule has 0 aromatic carbocycles. The van der Waals surface area contributed by atoms with Gasteiger partial charge >= 0.3 is 0 Å². The highest BCUT2D eigenvalue weighted by Gasteiger charge is 2.33. The highest BCUT2D eigenvalue weighted by molar-refractivity contribution is 5.11. The Balaban J connectivity index is 2.86. The van der Waals surface area contributed by atoms with E-state index in [0.717, 1.165) is 11.6 Å². The SMILES string of the molecule is CCC(C)CC(C)n1cc(C(C)(C)C(C)C(C)C)nn1. The first-order valence-electron chi connectivity index (χ1n) is 8.12. The van der Waals surface area contributed by atoms with E-state index >= 15 is 0 Å². The lowest BCUT2D eigenvalue weighted by Gasteiger charge is -2.32. The van der Waals surface area contributed by atoms with Crippen molar-refractivity contribution < 1.29 is 0 Å². The second-order valence-corrected chi connectivity index (χ2v) is 7.44. The largest absolute Gasteiger partial charge is 0.249 e. The van der Waals surface area contributed by atoms with Crippen molar-refractivity contribution in [2.45, 2.75) is 79.7 Å². The molecule has 0 spiro atoms. The summed E-state index contributed by atoms with van der Waals surface area (Å²) in [6.45, 7) is 18.2. The van der Waals surface area contributed by atoms with Crippen molar-refractivity contribution in [1.29, 1.82) is 0 Å². The summed E-state index contributed by atoms with van der Waals surface area (Å²) in [5, 5.41) is 8.84. The van der Waals surface area contributed by atoms with E-state index in [2.05, 4.69) is 76.6 Å². The summed E-state index contributed by atoms with van der Waals surface area (Å²) in [5.41, 5.74) is 1.19. The Morgan fingerprint density at radius 3 is 2.25 bits per heavy atom. The van der Waals surface area contributed by atoms with Crippen LogP contribution in [0.3, 0.4) is 0 Å². The first-order valence-corrected chi connectivity index (χ1v) is 8.12. The van der Waals surface area contributed by atoms with Gasteiger partial charge in [-0.1, -0.05) is 60.1 Å². The van der Waals surface area contributed by atoms with Crippen LogP contribution in [0.25, 0.3) is 0 Å². The molecular formula is C17H33N3. The van der Waals surface area contributed by atoms with Gasteiger partial charge in [-0.3, -0.25) is 0 Å². The fraction of sp³-hybridized carbons (Fsp3) is 0.882. The molecule has 1 aromatic rings. The molecule has 1 rings (SSSR count). The van der Waals surface area contributed by atoms with E-state index in [1.165, 1.54) is 12.8 Å². The normalized spacial score (nSPS) is 17.2. The third-order valence-electron chi connectivity index (χ3n) is 5.20. The molecule has 0 saturated carbocycles. The van der Waals surface area contributed by atoms with Crippen LogP contribution in [0.4, 0.5) is 0 Å². The van der Waals surface area contributed by atoms with Gasteiger partial charge < -0.3 is 0 Å². The van der Waals surface area contributed by atoms with E-state index in [0.29, 0.717) is 17.9 Å². The summed E-state index contributed by atoms with van der Waals surface area (Å²) in [4.78, 5) is 0. The fourth-order valence-corrected chi connectivity index (χ4v) is 2.71. The van der Waals surface area contributed by atoms with Crippen molar-refractivity contribution in [1.82, 2.24) is 15.0 Å². The van der Waals surface area contributed by atoms with Crippen LogP contribution in [0.1, 0.15) is 80.0 Å². The molecule has 0 aliphatic carbocycles. The molecule has 0 radical (unpaired) electrons. The number of aromatic nitrogens is 3. The van der Waals surface area contributed by atoms with Crippen molar-refractivity contribution in [3.8, 4) is 0 Å². The second kappa shape index (κ2) is 6.73. The zero-order valence-corrected chi connectivity index (χ0v) is 14.6. The molecule has 0 fully saturated rings. The Bertz CT molecular complexity index is 406. The van der Waals surface area contributed by atoms with Crippen LogP contribution in [0.5, 0.6) is 0 Å². The maximum atomic E-state index is 4.46. The molecular weight excluding hydrogens is 246 g/mol. The third-order valence-corrected chi connectivity index (χ3v) is 5.20. The summed E-state index contributed by atoms with van der Waals surface area (Å²) in [6, 6.07) is 0.427. The van der Waals surface area contributed by atoms with Gasteiger partial charge in [0.05, 0.1) is 11.7 Å². The topological polar surface area (TPSA) is 30.7 Å². The average molecular weight is 279 g/mol. The standard InChI is InChI=1S/C17H33N3/c1-9-13(4)10-14(5)20-11-16(18-19-20)17(7,8)15(6)12(2)3/h11-15H,9-10H2,1-8H3. The van der Waals surface area contributed by atoms with Crippen LogP contribution in [-0.2, 0) is 5.41 Å². The molecule has 1 aromatic heterocycles. The van der Waals surface area contributed by atoms with E-state index in [9.17, 15) is 0 Å². The summed E-state index contributed by atoms with van der Waals surface area (Å²) >= 11 is 0. The van der Waals surface area contributed by atoms with Crippen LogP contribution in [0.2, 0.25) is 0 Å². The van der Waals surface area contributed by atoms with Crippen molar-refractivity contribution in [2.24, 2.45) is 17.8 Å². The van der Waals surface area contributed by atoms with Crippen LogP contribution in [-0.4, -0.2) is 15.0 Å². The van der Waals surface area contributed by atoms with Gasteiger partial charge in [-0.15, -0.1) is 5.10 Å². The monoisotopic (exact) mass is 279 g/mol. The molecule has 0 amide bonds. The lowest BCUT2D eigenvalue weighted by Crippen LogP contribution is -2.30. The van der Waals surface area contributed by atoms with Gasteiger partial charge in [0, 0.05) is 11.6 Å². The highest BCUT2D eigenvalue weighted by Crippen LogP contribution is 2.35. The van der Waals surface area contributed by atoms with E-state index in [1.54, 1.807) is 0 Å². The fourth-order valence-electron chi connectivity index (χ4n) is 2.71. The molecule has 0 aliphatic heterocycles. The third kappa shape index (κ3) is 3.83. The van der Waals surface area contributed by atoms with E-state index < -0.39 is 0 Å². The first kappa shape index (κ1) is 17.2. The van der Waals surface area contributed by atoms with Crippen molar-refractivity contribution >= 4 is 0 Å². The van der Waals surface area contributed by atoms with Crippen LogP contribution >= 0.6 is 0 Å². The van der Waals surface area contributed by atoms with Crippen molar-refractivity contribution in [2.75, 3.05) is 0 Å². The lowest BCUT2D eigenvalue weighted by atomic mass is 9.72. The van der Waals surface area contributed by atoms with Crippen molar-refractivity contribution in [3.63, 3.8) is 0 Å². The molecule has 0 saturated heterocycles. The van der Waals surface area contributed by atoms with Gasteiger partial charge in [-0.25, -0.2) is 4.68 Å². The lowest BCUT2D eigenvalue weighted by molar-refractivity contribution is 0.258. The summed E-state index contributed by atoms with van der Waals surface area (Å²) in [5.74, 6) is 1.96. The van der Waals surface area contributed by atoms with E-state index in [4.69, 9.17) is 0 Å². The van der Waals surface area contributed by atoms with Gasteiger partial charge in [0.25, 0.3) is 0 Å². The maximum absolute atomic E-state index is 4.46. The first-order chi connectivity index (χ1) is 9.20. The zero-order chi connectivity index (χ0) is 15.5. The number of rotatable bonds is 7. The summed E-state index contributed by atoms with van der Waals surface area (Å²) in [7, 11) is 0. The number of hydrogen-bond acceptors (Lipinski definition) is 2. The van der Waals surface area contributed by atoms with Crippen molar-refractivity contribution in [3.05, 3.63) is 11.9 Å². The predicted molar refractivity (Wildman–Crippen MR) is 85.8 cm³/mol. The molecule has 0 N–H and O–H groups in total. The van der Waals surface area contributed by atoms with Gasteiger partial charge in [0.2, 0.25) is 0 Å². The molecule has 20 heavy (non-hydrogen) atoms. The molecule has 0 aliphatic rings. The Kier molecular flexibility index (Phi) is 5.79. The quantitative estimate of drug-likeness (QED) is 0.714. The van der Waals surface area contributed by atoms with Gasteiger partial charge in [-0.05, 0) is 31.1 Å². The van der Waals surface area contributed by atoms with Crippen LogP contribution in [0, 0.1) is 17.8 Å². The second-order valence-electron chi connectivity index (χ2n) is 7.44.